The average molecular weight is 253 g/mol. The van der Waals surface area contributed by atoms with Crippen LogP contribution in [0.1, 0.15) is 20.8 Å². The summed E-state index contributed by atoms with van der Waals surface area (Å²) in [6.07, 6.45) is 0. The average Bonchev–Trinajstić information content (AvgIpc) is 2.39. The molecule has 1 aliphatic rings. The SMILES string of the molecule is CC1CNCC(C)(C)CN1c1ccc(Cl)cc1. The minimum Gasteiger partial charge on any atom is -0.367 e. The van der Waals surface area contributed by atoms with E-state index in [-0.39, 0.29) is 0 Å². The molecular weight excluding hydrogens is 232 g/mol. The summed E-state index contributed by atoms with van der Waals surface area (Å²) in [5.41, 5.74) is 1.56. The van der Waals surface area contributed by atoms with Crippen molar-refractivity contribution in [3.63, 3.8) is 0 Å². The van der Waals surface area contributed by atoms with Crippen molar-refractivity contribution in [1.29, 1.82) is 0 Å². The molecule has 0 aliphatic carbocycles. The molecule has 0 bridgehead atoms. The lowest BCUT2D eigenvalue weighted by Crippen LogP contribution is -2.39. The lowest BCUT2D eigenvalue weighted by atomic mass is 9.93. The van der Waals surface area contributed by atoms with E-state index < -0.39 is 0 Å². The number of anilines is 1. The number of hydrogen-bond donors (Lipinski definition) is 1. The lowest BCUT2D eigenvalue weighted by molar-refractivity contribution is 0.369. The molecule has 1 unspecified atom stereocenters. The van der Waals surface area contributed by atoms with E-state index >= 15 is 0 Å². The van der Waals surface area contributed by atoms with Crippen LogP contribution in [-0.2, 0) is 0 Å². The molecule has 0 spiro atoms. The maximum absolute atomic E-state index is 5.94. The summed E-state index contributed by atoms with van der Waals surface area (Å²) in [5, 5.41) is 4.33. The highest BCUT2D eigenvalue weighted by molar-refractivity contribution is 6.30. The maximum Gasteiger partial charge on any atom is 0.0407 e. The lowest BCUT2D eigenvalue weighted by Gasteiger charge is -2.34. The zero-order chi connectivity index (χ0) is 12.5. The summed E-state index contributed by atoms with van der Waals surface area (Å²) in [6.45, 7) is 10.1. The second kappa shape index (κ2) is 4.87. The Morgan fingerprint density at radius 1 is 1.29 bits per heavy atom. The van der Waals surface area contributed by atoms with Crippen LogP contribution >= 0.6 is 11.6 Å². The molecule has 1 aliphatic heterocycles. The number of nitrogens with one attached hydrogen (secondary N) is 1. The van der Waals surface area contributed by atoms with Gasteiger partial charge in [-0.05, 0) is 36.6 Å². The molecule has 1 saturated heterocycles. The van der Waals surface area contributed by atoms with E-state index in [0.717, 1.165) is 24.7 Å². The molecule has 1 heterocycles. The molecule has 0 radical (unpaired) electrons. The molecular formula is C14H21ClN2. The Kier molecular flexibility index (Phi) is 3.64. The first-order valence-corrected chi connectivity index (χ1v) is 6.59. The second-order valence-corrected chi connectivity index (χ2v) is 6.18. The van der Waals surface area contributed by atoms with Crippen molar-refractivity contribution in [3.05, 3.63) is 29.3 Å². The van der Waals surface area contributed by atoms with Gasteiger partial charge in [0.25, 0.3) is 0 Å². The van der Waals surface area contributed by atoms with Gasteiger partial charge in [0.2, 0.25) is 0 Å². The Balaban J connectivity index is 2.24. The van der Waals surface area contributed by atoms with E-state index in [2.05, 4.69) is 43.1 Å². The first kappa shape index (κ1) is 12.7. The zero-order valence-corrected chi connectivity index (χ0v) is 11.6. The monoisotopic (exact) mass is 252 g/mol. The molecule has 2 rings (SSSR count). The summed E-state index contributed by atoms with van der Waals surface area (Å²) < 4.78 is 0. The van der Waals surface area contributed by atoms with Crippen LogP contribution in [0, 0.1) is 5.41 Å². The van der Waals surface area contributed by atoms with Gasteiger partial charge in [-0.15, -0.1) is 0 Å². The molecule has 0 saturated carbocycles. The van der Waals surface area contributed by atoms with E-state index in [1.807, 2.05) is 12.1 Å². The van der Waals surface area contributed by atoms with Crippen molar-refractivity contribution in [3.8, 4) is 0 Å². The molecule has 1 atom stereocenters. The molecule has 1 aromatic carbocycles. The van der Waals surface area contributed by atoms with Gasteiger partial charge < -0.3 is 10.2 Å². The van der Waals surface area contributed by atoms with Gasteiger partial charge in [-0.25, -0.2) is 0 Å². The Bertz CT molecular complexity index is 372. The van der Waals surface area contributed by atoms with Crippen molar-refractivity contribution in [1.82, 2.24) is 5.32 Å². The molecule has 2 nitrogen and oxygen atoms in total. The fraction of sp³-hybridized carbons (Fsp3) is 0.571. The zero-order valence-electron chi connectivity index (χ0n) is 10.8. The number of hydrogen-bond acceptors (Lipinski definition) is 2. The molecule has 1 fully saturated rings. The Hall–Kier alpha value is -0.730. The smallest absolute Gasteiger partial charge is 0.0407 e. The largest absolute Gasteiger partial charge is 0.367 e. The van der Waals surface area contributed by atoms with Crippen molar-refractivity contribution >= 4 is 17.3 Å². The van der Waals surface area contributed by atoms with Crippen LogP contribution in [0.5, 0.6) is 0 Å². The van der Waals surface area contributed by atoms with E-state index in [1.165, 1.54) is 5.69 Å². The number of rotatable bonds is 1. The van der Waals surface area contributed by atoms with E-state index in [0.29, 0.717) is 11.5 Å². The molecule has 0 amide bonds. The van der Waals surface area contributed by atoms with Gasteiger partial charge in [0.1, 0.15) is 0 Å². The summed E-state index contributed by atoms with van der Waals surface area (Å²) in [6, 6.07) is 8.67. The van der Waals surface area contributed by atoms with Gasteiger partial charge >= 0.3 is 0 Å². The quantitative estimate of drug-likeness (QED) is 0.826. The predicted molar refractivity (Wildman–Crippen MR) is 74.9 cm³/mol. The molecule has 1 N–H and O–H groups in total. The molecule has 1 aromatic rings. The highest BCUT2D eigenvalue weighted by atomic mass is 35.5. The highest BCUT2D eigenvalue weighted by Crippen LogP contribution is 2.26. The summed E-state index contributed by atoms with van der Waals surface area (Å²) >= 11 is 5.94. The normalized spacial score (nSPS) is 24.5. The number of benzene rings is 1. The minimum absolute atomic E-state index is 0.296. The predicted octanol–water partition coefficient (Wildman–Crippen LogP) is 3.16. The van der Waals surface area contributed by atoms with Crippen LogP contribution in [0.2, 0.25) is 5.02 Å². The topological polar surface area (TPSA) is 15.3 Å². The van der Waals surface area contributed by atoms with Gasteiger partial charge in [-0.1, -0.05) is 25.4 Å². The van der Waals surface area contributed by atoms with Crippen LogP contribution < -0.4 is 10.2 Å². The van der Waals surface area contributed by atoms with Crippen molar-refractivity contribution in [2.45, 2.75) is 26.8 Å². The van der Waals surface area contributed by atoms with E-state index in [1.54, 1.807) is 0 Å². The summed E-state index contributed by atoms with van der Waals surface area (Å²) in [7, 11) is 0. The van der Waals surface area contributed by atoms with Crippen LogP contribution in [0.4, 0.5) is 5.69 Å². The minimum atomic E-state index is 0.296. The Morgan fingerprint density at radius 2 is 1.94 bits per heavy atom. The second-order valence-electron chi connectivity index (χ2n) is 5.75. The summed E-state index contributed by atoms with van der Waals surface area (Å²) in [5.74, 6) is 0. The molecule has 94 valence electrons. The van der Waals surface area contributed by atoms with Crippen molar-refractivity contribution < 1.29 is 0 Å². The molecule has 0 aromatic heterocycles. The van der Waals surface area contributed by atoms with Crippen LogP contribution in [0.15, 0.2) is 24.3 Å². The van der Waals surface area contributed by atoms with Crippen LogP contribution in [0.25, 0.3) is 0 Å². The van der Waals surface area contributed by atoms with E-state index in [4.69, 9.17) is 11.6 Å². The first-order chi connectivity index (χ1) is 7.98. The first-order valence-electron chi connectivity index (χ1n) is 6.21. The fourth-order valence-electron chi connectivity index (χ4n) is 2.38. The number of halogens is 1. The summed E-state index contributed by atoms with van der Waals surface area (Å²) in [4.78, 5) is 2.47. The molecule has 17 heavy (non-hydrogen) atoms. The highest BCUT2D eigenvalue weighted by Gasteiger charge is 2.28. The Labute approximate surface area is 109 Å². The van der Waals surface area contributed by atoms with Crippen molar-refractivity contribution in [2.75, 3.05) is 24.5 Å². The van der Waals surface area contributed by atoms with Crippen LogP contribution in [0.3, 0.4) is 0 Å². The fourth-order valence-corrected chi connectivity index (χ4v) is 2.51. The molecule has 3 heteroatoms. The van der Waals surface area contributed by atoms with Gasteiger partial charge in [0.15, 0.2) is 0 Å². The van der Waals surface area contributed by atoms with Gasteiger partial charge in [-0.2, -0.15) is 0 Å². The van der Waals surface area contributed by atoms with E-state index in [9.17, 15) is 0 Å². The van der Waals surface area contributed by atoms with Gasteiger partial charge in [0.05, 0.1) is 0 Å². The van der Waals surface area contributed by atoms with Crippen molar-refractivity contribution in [2.24, 2.45) is 5.41 Å². The van der Waals surface area contributed by atoms with Gasteiger partial charge in [-0.3, -0.25) is 0 Å². The third-order valence-corrected chi connectivity index (χ3v) is 3.58. The van der Waals surface area contributed by atoms with Crippen LogP contribution in [-0.4, -0.2) is 25.7 Å². The number of nitrogens with zero attached hydrogens (tertiary/aromatic N) is 1. The van der Waals surface area contributed by atoms with Gasteiger partial charge in [0, 0.05) is 36.4 Å². The maximum atomic E-state index is 5.94. The Morgan fingerprint density at radius 3 is 2.59 bits per heavy atom. The third-order valence-electron chi connectivity index (χ3n) is 3.33. The standard InChI is InChI=1S/C14H21ClN2/c1-11-8-16-9-14(2,3)10-17(11)13-6-4-12(15)5-7-13/h4-7,11,16H,8-10H2,1-3H3. The third kappa shape index (κ3) is 3.14.